The molecule has 0 saturated carbocycles. The third-order valence-electron chi connectivity index (χ3n) is 6.02. The number of hydrogen-bond donors (Lipinski definition) is 1. The Morgan fingerprint density at radius 3 is 2.40 bits per heavy atom. The maximum atomic E-state index is 13.7. The minimum Gasteiger partial charge on any atom is -0.322 e. The molecule has 0 radical (unpaired) electrons. The van der Waals surface area contributed by atoms with Crippen LogP contribution in [0.15, 0.2) is 114 Å². The molecular weight excluding hydrogens is 452 g/mol. The standard InChI is InChI=1S/C29H26N4OS/c1-3-16-29(20-30)26(23-14-17-31-18-15-23)25(27(34)33-24-12-8-5-9-13-24)21(2)32-28(29)35-19-22-10-6-4-7-11-22/h3-15,17-18,26H,1,16,19H2,2H3,(H,33,34). The Balaban J connectivity index is 1.83. The molecule has 3 aromatic rings. The van der Waals surface area contributed by atoms with Gasteiger partial charge in [-0.15, -0.1) is 18.3 Å². The normalized spacial score (nSPS) is 19.4. The summed E-state index contributed by atoms with van der Waals surface area (Å²) in [6.07, 6.45) is 5.47. The number of para-hydroxylation sites is 1. The molecule has 1 N–H and O–H groups in total. The van der Waals surface area contributed by atoms with Crippen molar-refractivity contribution in [2.24, 2.45) is 10.4 Å². The van der Waals surface area contributed by atoms with Crippen LogP contribution in [0.2, 0.25) is 0 Å². The Kier molecular flexibility index (Phi) is 7.59. The zero-order valence-electron chi connectivity index (χ0n) is 19.5. The molecule has 6 heteroatoms. The van der Waals surface area contributed by atoms with E-state index in [1.807, 2.05) is 67.6 Å². The zero-order valence-corrected chi connectivity index (χ0v) is 20.3. The van der Waals surface area contributed by atoms with Gasteiger partial charge in [0.1, 0.15) is 5.41 Å². The van der Waals surface area contributed by atoms with Gasteiger partial charge in [-0.3, -0.25) is 9.78 Å². The lowest BCUT2D eigenvalue weighted by Gasteiger charge is -2.40. The average Bonchev–Trinajstić information content (AvgIpc) is 2.90. The van der Waals surface area contributed by atoms with Crippen LogP contribution in [0.4, 0.5) is 5.69 Å². The molecule has 2 aromatic carbocycles. The maximum Gasteiger partial charge on any atom is 0.254 e. The van der Waals surface area contributed by atoms with E-state index in [9.17, 15) is 10.1 Å². The zero-order chi connectivity index (χ0) is 24.7. The second-order valence-corrected chi connectivity index (χ2v) is 9.26. The Labute approximate surface area is 210 Å². The second kappa shape index (κ2) is 11.0. The van der Waals surface area contributed by atoms with E-state index in [1.165, 1.54) is 0 Å². The van der Waals surface area contributed by atoms with Gasteiger partial charge < -0.3 is 5.32 Å². The third kappa shape index (κ3) is 5.11. The van der Waals surface area contributed by atoms with E-state index >= 15 is 0 Å². The molecule has 35 heavy (non-hydrogen) atoms. The summed E-state index contributed by atoms with van der Waals surface area (Å²) < 4.78 is 0. The summed E-state index contributed by atoms with van der Waals surface area (Å²) in [7, 11) is 0. The van der Waals surface area contributed by atoms with E-state index in [2.05, 4.69) is 35.1 Å². The van der Waals surface area contributed by atoms with Crippen LogP contribution in [0.1, 0.15) is 30.4 Å². The van der Waals surface area contributed by atoms with Crippen LogP contribution >= 0.6 is 11.8 Å². The van der Waals surface area contributed by atoms with E-state index in [0.717, 1.165) is 11.1 Å². The van der Waals surface area contributed by atoms with Crippen LogP contribution in [0.5, 0.6) is 0 Å². The predicted octanol–water partition coefficient (Wildman–Crippen LogP) is 6.51. The van der Waals surface area contributed by atoms with Gasteiger partial charge in [0.15, 0.2) is 0 Å². The Bertz CT molecular complexity index is 1300. The van der Waals surface area contributed by atoms with Crippen LogP contribution < -0.4 is 5.32 Å². The van der Waals surface area contributed by atoms with Gasteiger partial charge in [0.05, 0.1) is 11.1 Å². The highest BCUT2D eigenvalue weighted by atomic mass is 32.2. The quantitative estimate of drug-likeness (QED) is 0.393. The largest absolute Gasteiger partial charge is 0.322 e. The number of pyridine rings is 1. The molecule has 1 aromatic heterocycles. The molecule has 0 bridgehead atoms. The summed E-state index contributed by atoms with van der Waals surface area (Å²) in [5.41, 5.74) is 2.67. The van der Waals surface area contributed by atoms with Crippen LogP contribution in [0, 0.1) is 16.7 Å². The number of aromatic nitrogens is 1. The van der Waals surface area contributed by atoms with Crippen LogP contribution in [0.3, 0.4) is 0 Å². The van der Waals surface area contributed by atoms with E-state index in [0.29, 0.717) is 34.2 Å². The number of hydrogen-bond acceptors (Lipinski definition) is 5. The van der Waals surface area contributed by atoms with E-state index < -0.39 is 11.3 Å². The van der Waals surface area contributed by atoms with Crippen molar-refractivity contribution in [1.82, 2.24) is 4.98 Å². The predicted molar refractivity (Wildman–Crippen MR) is 143 cm³/mol. The van der Waals surface area contributed by atoms with Gasteiger partial charge in [0, 0.05) is 41.0 Å². The van der Waals surface area contributed by atoms with Crippen molar-refractivity contribution < 1.29 is 4.79 Å². The maximum absolute atomic E-state index is 13.7. The van der Waals surface area contributed by atoms with Crippen molar-refractivity contribution in [2.45, 2.75) is 25.0 Å². The fraction of sp³-hybridized carbons (Fsp3) is 0.172. The molecule has 0 fully saturated rings. The smallest absolute Gasteiger partial charge is 0.254 e. The highest BCUT2D eigenvalue weighted by Gasteiger charge is 2.50. The number of nitrogens with one attached hydrogen (secondary N) is 1. The first kappa shape index (κ1) is 24.2. The molecule has 0 spiro atoms. The summed E-state index contributed by atoms with van der Waals surface area (Å²) in [5, 5.41) is 14.4. The van der Waals surface area contributed by atoms with E-state index in [1.54, 1.807) is 30.2 Å². The third-order valence-corrected chi connectivity index (χ3v) is 7.23. The summed E-state index contributed by atoms with van der Waals surface area (Å²) in [4.78, 5) is 22.7. The average molecular weight is 479 g/mol. The van der Waals surface area contributed by atoms with E-state index in [-0.39, 0.29) is 5.91 Å². The van der Waals surface area contributed by atoms with Crippen LogP contribution in [-0.2, 0) is 10.5 Å². The van der Waals surface area contributed by atoms with Gasteiger partial charge in [-0.05, 0) is 48.7 Å². The molecule has 4 rings (SSSR count). The number of rotatable bonds is 7. The number of amides is 1. The molecule has 2 atom stereocenters. The lowest BCUT2D eigenvalue weighted by molar-refractivity contribution is -0.113. The van der Waals surface area contributed by atoms with Crippen molar-refractivity contribution in [3.05, 3.63) is 120 Å². The van der Waals surface area contributed by atoms with Crippen molar-refractivity contribution in [1.29, 1.82) is 5.26 Å². The van der Waals surface area contributed by atoms with Gasteiger partial charge >= 0.3 is 0 Å². The van der Waals surface area contributed by atoms with Crippen LogP contribution in [0.25, 0.3) is 0 Å². The van der Waals surface area contributed by atoms with Gasteiger partial charge in [0.25, 0.3) is 5.91 Å². The summed E-state index contributed by atoms with van der Waals surface area (Å²) in [6, 6.07) is 25.7. The summed E-state index contributed by atoms with van der Waals surface area (Å²) in [6.45, 7) is 5.78. The number of carbonyl (C=O) groups excluding carboxylic acids is 1. The molecule has 1 amide bonds. The van der Waals surface area contributed by atoms with Crippen molar-refractivity contribution in [3.63, 3.8) is 0 Å². The monoisotopic (exact) mass is 478 g/mol. The molecule has 174 valence electrons. The first-order chi connectivity index (χ1) is 17.1. The number of aliphatic imine (C=N–C) groups is 1. The molecule has 1 aliphatic heterocycles. The number of benzene rings is 2. The lowest BCUT2D eigenvalue weighted by atomic mass is 9.66. The molecule has 0 saturated heterocycles. The Morgan fingerprint density at radius 2 is 1.77 bits per heavy atom. The molecule has 2 unspecified atom stereocenters. The Hall–Kier alpha value is -3.95. The topological polar surface area (TPSA) is 78.1 Å². The summed E-state index contributed by atoms with van der Waals surface area (Å²) >= 11 is 1.54. The van der Waals surface area contributed by atoms with Crippen molar-refractivity contribution >= 4 is 28.4 Å². The number of carbonyl (C=O) groups is 1. The fourth-order valence-electron chi connectivity index (χ4n) is 4.39. The highest BCUT2D eigenvalue weighted by Crippen LogP contribution is 2.51. The molecule has 1 aliphatic rings. The van der Waals surface area contributed by atoms with Crippen LogP contribution in [-0.4, -0.2) is 15.9 Å². The SMILES string of the molecule is C=CCC1(C#N)C(SCc2ccccc2)=NC(C)=C(C(=O)Nc2ccccc2)C1c1ccncc1. The first-order valence-electron chi connectivity index (χ1n) is 11.3. The second-order valence-electron chi connectivity index (χ2n) is 8.30. The van der Waals surface area contributed by atoms with Gasteiger partial charge in [-0.25, -0.2) is 4.99 Å². The molecule has 5 nitrogen and oxygen atoms in total. The van der Waals surface area contributed by atoms with Crippen molar-refractivity contribution in [3.8, 4) is 6.07 Å². The molecule has 0 aliphatic carbocycles. The molecule has 2 heterocycles. The molecular formula is C29H26N4OS. The minimum absolute atomic E-state index is 0.268. The Morgan fingerprint density at radius 1 is 1.11 bits per heavy atom. The van der Waals surface area contributed by atoms with E-state index in [4.69, 9.17) is 4.99 Å². The number of nitriles is 1. The van der Waals surface area contributed by atoms with Gasteiger partial charge in [-0.2, -0.15) is 5.26 Å². The summed E-state index contributed by atoms with van der Waals surface area (Å²) in [5.74, 6) is -0.134. The fourth-order valence-corrected chi connectivity index (χ4v) is 5.59. The number of anilines is 1. The first-order valence-corrected chi connectivity index (χ1v) is 12.3. The van der Waals surface area contributed by atoms with Crippen molar-refractivity contribution in [2.75, 3.05) is 5.32 Å². The lowest BCUT2D eigenvalue weighted by Crippen LogP contribution is -2.41. The van der Waals surface area contributed by atoms with Gasteiger partial charge in [-0.1, -0.05) is 54.6 Å². The van der Waals surface area contributed by atoms with Gasteiger partial charge in [0.2, 0.25) is 0 Å². The minimum atomic E-state index is -1.08. The highest BCUT2D eigenvalue weighted by molar-refractivity contribution is 8.13. The number of allylic oxidation sites excluding steroid dienone is 2. The number of thioether (sulfide) groups is 1. The number of nitrogens with zero attached hydrogens (tertiary/aromatic N) is 3.